The molecular formula is C4H3NaO4. The van der Waals surface area contributed by atoms with Crippen molar-refractivity contribution in [2.75, 3.05) is 0 Å². The molecule has 0 fully saturated rings. The molecule has 0 unspecified atom stereocenters. The van der Waals surface area contributed by atoms with E-state index in [4.69, 9.17) is 10.2 Å². The SMILES string of the molecule is O=c1c(O)c(O)c1=O.[NaH]. The average molecular weight is 138 g/mol. The Kier molecular flexibility index (Phi) is 2.42. The fourth-order valence-corrected chi connectivity index (χ4v) is 0.368. The van der Waals surface area contributed by atoms with Gasteiger partial charge >= 0.3 is 29.6 Å². The molecule has 0 saturated carbocycles. The third-order valence-corrected chi connectivity index (χ3v) is 0.861. The van der Waals surface area contributed by atoms with E-state index in [0.29, 0.717) is 0 Å². The standard InChI is InChI=1S/C4H2O4.Na.H/c5-1-2(6)4(8)3(1)7;;/h5-6H;;. The second kappa shape index (κ2) is 2.51. The molecule has 2 N–H and O–H groups in total. The number of hydrogen-bond donors (Lipinski definition) is 2. The Morgan fingerprint density at radius 3 is 1.22 bits per heavy atom. The van der Waals surface area contributed by atoms with Gasteiger partial charge in [0.25, 0.3) is 10.9 Å². The van der Waals surface area contributed by atoms with Crippen LogP contribution in [-0.4, -0.2) is 39.8 Å². The Morgan fingerprint density at radius 1 is 0.889 bits per heavy atom. The van der Waals surface area contributed by atoms with Gasteiger partial charge in [-0.15, -0.1) is 0 Å². The fourth-order valence-electron chi connectivity index (χ4n) is 0.368. The van der Waals surface area contributed by atoms with Gasteiger partial charge in [0.1, 0.15) is 0 Å². The van der Waals surface area contributed by atoms with Crippen molar-refractivity contribution in [3.63, 3.8) is 0 Å². The third-order valence-electron chi connectivity index (χ3n) is 0.861. The summed E-state index contributed by atoms with van der Waals surface area (Å²) in [5, 5.41) is 16.4. The first-order valence-electron chi connectivity index (χ1n) is 1.86. The molecule has 0 aliphatic carbocycles. The van der Waals surface area contributed by atoms with Crippen molar-refractivity contribution in [3.8, 4) is 11.5 Å². The molecule has 1 aromatic carbocycles. The van der Waals surface area contributed by atoms with Gasteiger partial charge in [-0.25, -0.2) is 0 Å². The molecule has 9 heavy (non-hydrogen) atoms. The third kappa shape index (κ3) is 1.01. The van der Waals surface area contributed by atoms with Crippen LogP contribution in [0.25, 0.3) is 0 Å². The van der Waals surface area contributed by atoms with Crippen molar-refractivity contribution in [3.05, 3.63) is 20.4 Å². The predicted molar refractivity (Wildman–Crippen MR) is 31.8 cm³/mol. The molecule has 0 heterocycles. The second-order valence-corrected chi connectivity index (χ2v) is 1.36. The van der Waals surface area contributed by atoms with Gasteiger partial charge in [-0.2, -0.15) is 0 Å². The summed E-state index contributed by atoms with van der Waals surface area (Å²) in [6, 6.07) is 0. The van der Waals surface area contributed by atoms with Crippen molar-refractivity contribution >= 4 is 29.6 Å². The molecule has 5 heteroatoms. The van der Waals surface area contributed by atoms with E-state index in [1.165, 1.54) is 0 Å². The molecule has 0 spiro atoms. The molecule has 0 radical (unpaired) electrons. The topological polar surface area (TPSA) is 74.6 Å². The van der Waals surface area contributed by atoms with Crippen LogP contribution in [0.4, 0.5) is 0 Å². The van der Waals surface area contributed by atoms with Gasteiger partial charge in [-0.1, -0.05) is 0 Å². The normalized spacial score (nSPS) is 8.89. The van der Waals surface area contributed by atoms with E-state index in [0.717, 1.165) is 0 Å². The van der Waals surface area contributed by atoms with Gasteiger partial charge in [0.05, 0.1) is 0 Å². The zero-order chi connectivity index (χ0) is 6.31. The zero-order valence-corrected chi connectivity index (χ0v) is 3.71. The minimum absolute atomic E-state index is 0. The number of hydrogen-bond acceptors (Lipinski definition) is 4. The Labute approximate surface area is 71.7 Å². The van der Waals surface area contributed by atoms with E-state index in [9.17, 15) is 9.59 Å². The van der Waals surface area contributed by atoms with E-state index in [1.807, 2.05) is 0 Å². The van der Waals surface area contributed by atoms with Crippen LogP contribution in [0.1, 0.15) is 0 Å². The van der Waals surface area contributed by atoms with Crippen LogP contribution < -0.4 is 10.9 Å². The van der Waals surface area contributed by atoms with Crippen LogP contribution in [0.2, 0.25) is 0 Å². The van der Waals surface area contributed by atoms with Crippen molar-refractivity contribution < 1.29 is 10.2 Å². The van der Waals surface area contributed by atoms with Crippen LogP contribution in [0.5, 0.6) is 11.5 Å². The summed E-state index contributed by atoms with van der Waals surface area (Å²) >= 11 is 0. The van der Waals surface area contributed by atoms with Crippen molar-refractivity contribution in [1.82, 2.24) is 0 Å². The van der Waals surface area contributed by atoms with E-state index < -0.39 is 22.4 Å². The van der Waals surface area contributed by atoms with Crippen LogP contribution in [0.3, 0.4) is 0 Å². The Morgan fingerprint density at radius 2 is 1.11 bits per heavy atom. The van der Waals surface area contributed by atoms with Gasteiger partial charge in [0.15, 0.2) is 0 Å². The van der Waals surface area contributed by atoms with E-state index >= 15 is 0 Å². The van der Waals surface area contributed by atoms with Gasteiger partial charge in [0, 0.05) is 0 Å². The monoisotopic (exact) mass is 138 g/mol. The Balaban J connectivity index is 0.000000640. The van der Waals surface area contributed by atoms with E-state index in [-0.39, 0.29) is 29.6 Å². The van der Waals surface area contributed by atoms with Crippen LogP contribution in [-0.2, 0) is 0 Å². The summed E-state index contributed by atoms with van der Waals surface area (Å²) in [5.74, 6) is -1.65. The van der Waals surface area contributed by atoms with E-state index in [2.05, 4.69) is 0 Å². The van der Waals surface area contributed by atoms with Gasteiger partial charge in [0.2, 0.25) is 11.5 Å². The molecule has 0 aliphatic rings. The minimum atomic E-state index is -1.01. The number of rotatable bonds is 0. The van der Waals surface area contributed by atoms with Gasteiger partial charge < -0.3 is 10.2 Å². The molecule has 4 nitrogen and oxygen atoms in total. The molecule has 0 atom stereocenters. The van der Waals surface area contributed by atoms with E-state index in [1.54, 1.807) is 0 Å². The summed E-state index contributed by atoms with van der Waals surface area (Å²) in [7, 11) is 0. The molecule has 1 aromatic rings. The molecule has 0 aliphatic heterocycles. The summed E-state index contributed by atoms with van der Waals surface area (Å²) in [5.41, 5.74) is -2.02. The Bertz CT molecular complexity index is 253. The van der Waals surface area contributed by atoms with Gasteiger partial charge in [-0.3, -0.25) is 9.59 Å². The van der Waals surface area contributed by atoms with Crippen LogP contribution in [0, 0.1) is 0 Å². The molecule has 1 rings (SSSR count). The summed E-state index contributed by atoms with van der Waals surface area (Å²) in [6.07, 6.45) is 0. The first-order valence-corrected chi connectivity index (χ1v) is 1.86. The van der Waals surface area contributed by atoms with Crippen LogP contribution in [0.15, 0.2) is 9.59 Å². The molecular weight excluding hydrogens is 135 g/mol. The fraction of sp³-hybridized carbons (Fsp3) is 0. The summed E-state index contributed by atoms with van der Waals surface area (Å²) in [4.78, 5) is 19.9. The van der Waals surface area contributed by atoms with Crippen LogP contribution >= 0.6 is 0 Å². The number of aromatic hydroxyl groups is 2. The Hall–Kier alpha value is -0.320. The maximum atomic E-state index is 9.95. The van der Waals surface area contributed by atoms with Gasteiger partial charge in [-0.05, 0) is 0 Å². The first-order chi connectivity index (χ1) is 3.64. The molecule has 0 aromatic heterocycles. The zero-order valence-electron chi connectivity index (χ0n) is 3.71. The van der Waals surface area contributed by atoms with Crippen molar-refractivity contribution in [2.45, 2.75) is 0 Å². The van der Waals surface area contributed by atoms with Crippen molar-refractivity contribution in [1.29, 1.82) is 0 Å². The van der Waals surface area contributed by atoms with Crippen molar-refractivity contribution in [2.24, 2.45) is 0 Å². The summed E-state index contributed by atoms with van der Waals surface area (Å²) < 4.78 is 0. The molecule has 0 bridgehead atoms. The maximum absolute atomic E-state index is 9.95. The first kappa shape index (κ1) is 8.68. The molecule has 0 saturated heterocycles. The molecule has 44 valence electrons. The quantitative estimate of drug-likeness (QED) is 0.322. The second-order valence-electron chi connectivity index (χ2n) is 1.36. The summed E-state index contributed by atoms with van der Waals surface area (Å²) in [6.45, 7) is 0. The molecule has 0 amide bonds. The predicted octanol–water partition coefficient (Wildman–Crippen LogP) is -1.95. The average Bonchev–Trinajstić information content (AvgIpc) is 1.83.